The number of aromatic nitrogens is 1. The first-order valence-electron chi connectivity index (χ1n) is 10.8. The Labute approximate surface area is 190 Å². The number of urea groups is 1. The fourth-order valence-corrected chi connectivity index (χ4v) is 4.07. The van der Waals surface area contributed by atoms with Gasteiger partial charge in [-0.15, -0.1) is 11.3 Å². The molecule has 0 spiro atoms. The van der Waals surface area contributed by atoms with Gasteiger partial charge in [-0.3, -0.25) is 0 Å². The van der Waals surface area contributed by atoms with Crippen molar-refractivity contribution in [3.63, 3.8) is 0 Å². The maximum absolute atomic E-state index is 13.4. The third-order valence-corrected chi connectivity index (χ3v) is 5.97. The Hall–Kier alpha value is -2.41. The zero-order valence-corrected chi connectivity index (χ0v) is 20.5. The molecule has 0 fully saturated rings. The van der Waals surface area contributed by atoms with Crippen molar-refractivity contribution in [1.29, 1.82) is 0 Å². The average molecular weight is 446 g/mol. The van der Waals surface area contributed by atoms with E-state index in [4.69, 9.17) is 4.74 Å². The van der Waals surface area contributed by atoms with E-state index >= 15 is 0 Å². The number of esters is 1. The van der Waals surface area contributed by atoms with Crippen LogP contribution in [-0.2, 0) is 11.3 Å². The molecule has 0 aliphatic carbocycles. The molecule has 1 heterocycles. The molecule has 6 nitrogen and oxygen atoms in total. The molecular formula is C24H35N3O3S. The number of benzene rings is 1. The van der Waals surface area contributed by atoms with Gasteiger partial charge in [-0.2, -0.15) is 0 Å². The van der Waals surface area contributed by atoms with Crippen molar-refractivity contribution in [1.82, 2.24) is 9.88 Å². The number of rotatable bonds is 9. The maximum Gasteiger partial charge on any atom is 0.357 e. The van der Waals surface area contributed by atoms with Crippen LogP contribution in [0.4, 0.5) is 10.5 Å². The highest BCUT2D eigenvalue weighted by molar-refractivity contribution is 7.09. The van der Waals surface area contributed by atoms with Crippen molar-refractivity contribution in [2.75, 3.05) is 19.0 Å². The quantitative estimate of drug-likeness (QED) is 0.463. The topological polar surface area (TPSA) is 71.5 Å². The van der Waals surface area contributed by atoms with Crippen LogP contribution in [0.5, 0.6) is 0 Å². The van der Waals surface area contributed by atoms with Crippen LogP contribution in [0.3, 0.4) is 0 Å². The fraction of sp³-hybridized carbons (Fsp3) is 0.542. The molecule has 0 saturated carbocycles. The molecule has 1 aromatic carbocycles. The number of anilines is 1. The summed E-state index contributed by atoms with van der Waals surface area (Å²) in [4.78, 5) is 31.2. The summed E-state index contributed by atoms with van der Waals surface area (Å²) in [6.45, 7) is 13.8. The van der Waals surface area contributed by atoms with E-state index in [0.717, 1.165) is 23.2 Å². The number of thiazole rings is 1. The molecule has 2 amide bonds. The molecule has 2 aromatic rings. The van der Waals surface area contributed by atoms with Gasteiger partial charge in [-0.25, -0.2) is 14.6 Å². The summed E-state index contributed by atoms with van der Waals surface area (Å²) in [5.74, 6) is 0.582. The second-order valence-corrected chi connectivity index (χ2v) is 9.72. The van der Waals surface area contributed by atoms with Crippen LogP contribution >= 0.6 is 11.3 Å². The van der Waals surface area contributed by atoms with E-state index in [9.17, 15) is 9.59 Å². The zero-order chi connectivity index (χ0) is 23.1. The molecule has 7 heteroatoms. The zero-order valence-electron chi connectivity index (χ0n) is 19.7. The van der Waals surface area contributed by atoms with Gasteiger partial charge in [-0.1, -0.05) is 59.7 Å². The number of methoxy groups -OCH3 is 1. The Bertz CT molecular complexity index is 864. The van der Waals surface area contributed by atoms with Gasteiger partial charge in [0.1, 0.15) is 5.01 Å². The predicted octanol–water partition coefficient (Wildman–Crippen LogP) is 6.26. The standard InChI is InChI=1S/C24H35N3O3S/c1-15(2)11-12-27(13-21-25-20(14-31-21)23(28)30-7)24(29)26-22-18(16(3)4)9-8-10-19(22)17(5)6/h8-10,14-17H,11-13H2,1-7H3,(H,26,29). The van der Waals surface area contributed by atoms with Gasteiger partial charge in [0.2, 0.25) is 0 Å². The van der Waals surface area contributed by atoms with Gasteiger partial charge in [0.15, 0.2) is 5.69 Å². The van der Waals surface area contributed by atoms with Gasteiger partial charge in [0.25, 0.3) is 0 Å². The second kappa shape index (κ2) is 11.3. The van der Waals surface area contributed by atoms with Crippen LogP contribution in [-0.4, -0.2) is 35.5 Å². The number of carbonyl (C=O) groups is 2. The third kappa shape index (κ3) is 6.79. The summed E-state index contributed by atoms with van der Waals surface area (Å²) in [5.41, 5.74) is 3.44. The molecule has 31 heavy (non-hydrogen) atoms. The summed E-state index contributed by atoms with van der Waals surface area (Å²) < 4.78 is 4.74. The van der Waals surface area contributed by atoms with E-state index in [0.29, 0.717) is 35.9 Å². The molecule has 1 aromatic heterocycles. The first-order chi connectivity index (χ1) is 14.6. The van der Waals surface area contributed by atoms with Crippen molar-refractivity contribution in [3.8, 4) is 0 Å². The lowest BCUT2D eigenvalue weighted by Gasteiger charge is -2.26. The Balaban J connectivity index is 2.30. The van der Waals surface area contributed by atoms with E-state index in [1.165, 1.54) is 18.4 Å². The predicted molar refractivity (Wildman–Crippen MR) is 127 cm³/mol. The lowest BCUT2D eigenvalue weighted by molar-refractivity contribution is 0.0594. The third-order valence-electron chi connectivity index (χ3n) is 5.14. The molecule has 0 bridgehead atoms. The molecule has 0 aliphatic rings. The van der Waals surface area contributed by atoms with Gasteiger partial charge in [0.05, 0.1) is 13.7 Å². The normalized spacial score (nSPS) is 11.3. The molecule has 170 valence electrons. The van der Waals surface area contributed by atoms with Gasteiger partial charge >= 0.3 is 12.0 Å². The monoisotopic (exact) mass is 445 g/mol. The number of hydrogen-bond acceptors (Lipinski definition) is 5. The van der Waals surface area contributed by atoms with Crippen molar-refractivity contribution in [2.24, 2.45) is 5.92 Å². The van der Waals surface area contributed by atoms with Crippen LogP contribution in [0, 0.1) is 5.92 Å². The number of carbonyl (C=O) groups excluding carboxylic acids is 2. The summed E-state index contributed by atoms with van der Waals surface area (Å²) in [5, 5.41) is 5.58. The maximum atomic E-state index is 13.4. The number of nitrogens with zero attached hydrogens (tertiary/aromatic N) is 2. The van der Waals surface area contributed by atoms with Gasteiger partial charge in [0, 0.05) is 17.6 Å². The Morgan fingerprint density at radius 3 is 2.23 bits per heavy atom. The first kappa shape index (κ1) is 24.9. The van der Waals surface area contributed by atoms with Crippen LogP contribution in [0.1, 0.15) is 86.4 Å². The van der Waals surface area contributed by atoms with E-state index in [2.05, 4.69) is 70.0 Å². The van der Waals surface area contributed by atoms with E-state index in [-0.39, 0.29) is 11.7 Å². The van der Waals surface area contributed by atoms with Crippen LogP contribution < -0.4 is 5.32 Å². The lowest BCUT2D eigenvalue weighted by atomic mass is 9.93. The molecular weight excluding hydrogens is 410 g/mol. The van der Waals surface area contributed by atoms with E-state index < -0.39 is 5.97 Å². The molecule has 0 unspecified atom stereocenters. The summed E-state index contributed by atoms with van der Waals surface area (Å²) in [6.07, 6.45) is 0.880. The minimum absolute atomic E-state index is 0.148. The largest absolute Gasteiger partial charge is 0.464 e. The van der Waals surface area contributed by atoms with Gasteiger partial charge < -0.3 is 15.0 Å². The summed E-state index contributed by atoms with van der Waals surface area (Å²) >= 11 is 1.36. The highest BCUT2D eigenvalue weighted by Gasteiger charge is 2.21. The number of ether oxygens (including phenoxy) is 1. The highest BCUT2D eigenvalue weighted by atomic mass is 32.1. The smallest absolute Gasteiger partial charge is 0.357 e. The minimum atomic E-state index is -0.465. The molecule has 1 N–H and O–H groups in total. The van der Waals surface area contributed by atoms with E-state index in [1.807, 2.05) is 0 Å². The van der Waals surface area contributed by atoms with Gasteiger partial charge in [-0.05, 0) is 35.3 Å². The summed E-state index contributed by atoms with van der Waals surface area (Å²) in [7, 11) is 1.34. The van der Waals surface area contributed by atoms with Crippen molar-refractivity contribution in [2.45, 2.75) is 66.3 Å². The van der Waals surface area contributed by atoms with Crippen molar-refractivity contribution in [3.05, 3.63) is 45.4 Å². The molecule has 2 rings (SSSR count). The molecule has 0 saturated heterocycles. The number of para-hydroxylation sites is 1. The van der Waals surface area contributed by atoms with Crippen molar-refractivity contribution >= 4 is 29.0 Å². The lowest BCUT2D eigenvalue weighted by Crippen LogP contribution is -2.36. The Morgan fingerprint density at radius 1 is 1.10 bits per heavy atom. The average Bonchev–Trinajstić information content (AvgIpc) is 3.18. The Morgan fingerprint density at radius 2 is 1.71 bits per heavy atom. The van der Waals surface area contributed by atoms with Crippen LogP contribution in [0.25, 0.3) is 0 Å². The minimum Gasteiger partial charge on any atom is -0.464 e. The van der Waals surface area contributed by atoms with E-state index in [1.54, 1.807) is 10.3 Å². The second-order valence-electron chi connectivity index (χ2n) is 8.77. The Kier molecular flexibility index (Phi) is 9.04. The number of amides is 2. The number of hydrogen-bond donors (Lipinski definition) is 1. The molecule has 0 radical (unpaired) electrons. The first-order valence-corrected chi connectivity index (χ1v) is 11.7. The molecule has 0 atom stereocenters. The SMILES string of the molecule is COC(=O)c1csc(CN(CCC(C)C)C(=O)Nc2c(C(C)C)cccc2C(C)C)n1. The summed E-state index contributed by atoms with van der Waals surface area (Å²) in [6, 6.07) is 6.06. The number of nitrogens with one attached hydrogen (secondary N) is 1. The van der Waals surface area contributed by atoms with Crippen molar-refractivity contribution < 1.29 is 14.3 Å². The van der Waals surface area contributed by atoms with Crippen LogP contribution in [0.15, 0.2) is 23.6 Å². The highest BCUT2D eigenvalue weighted by Crippen LogP contribution is 2.32. The van der Waals surface area contributed by atoms with Crippen LogP contribution in [0.2, 0.25) is 0 Å². The molecule has 0 aliphatic heterocycles. The fourth-order valence-electron chi connectivity index (χ4n) is 3.29.